The highest BCUT2D eigenvalue weighted by Gasteiger charge is 2.22. The minimum Gasteiger partial charge on any atom is -0.409 e. The van der Waals surface area contributed by atoms with Crippen LogP contribution in [0.15, 0.2) is 23.4 Å². The molecule has 0 aliphatic rings. The van der Waals surface area contributed by atoms with Crippen molar-refractivity contribution in [2.45, 2.75) is 40.0 Å². The summed E-state index contributed by atoms with van der Waals surface area (Å²) in [6, 6.07) is 5.15. The van der Waals surface area contributed by atoms with Gasteiger partial charge in [0.1, 0.15) is 11.7 Å². The molecule has 0 heterocycles. The maximum atomic E-state index is 13.6. The van der Waals surface area contributed by atoms with Crippen LogP contribution in [-0.4, -0.2) is 17.6 Å². The summed E-state index contributed by atoms with van der Waals surface area (Å²) in [6.07, 6.45) is 2.64. The molecule has 1 aromatic carbocycles. The topological polar surface area (TPSA) is 70.6 Å². The molecule has 0 radical (unpaired) electrons. The van der Waals surface area contributed by atoms with E-state index in [1.807, 2.05) is 26.8 Å². The first kappa shape index (κ1) is 16.3. The number of oxime groups is 1. The third kappa shape index (κ3) is 4.72. The van der Waals surface area contributed by atoms with Crippen molar-refractivity contribution in [3.8, 4) is 0 Å². The Labute approximate surface area is 119 Å². The van der Waals surface area contributed by atoms with Crippen LogP contribution in [0.2, 0.25) is 0 Å². The van der Waals surface area contributed by atoms with E-state index in [1.54, 1.807) is 6.07 Å². The Bertz CT molecular complexity index is 472. The molecular weight excluding hydrogens is 257 g/mol. The van der Waals surface area contributed by atoms with Crippen molar-refractivity contribution < 1.29 is 9.60 Å². The first-order valence-electron chi connectivity index (χ1n) is 6.85. The minimum atomic E-state index is -0.316. The highest BCUT2D eigenvalue weighted by atomic mass is 19.1. The van der Waals surface area contributed by atoms with Gasteiger partial charge in [-0.05, 0) is 37.5 Å². The van der Waals surface area contributed by atoms with Crippen LogP contribution in [0.3, 0.4) is 0 Å². The van der Waals surface area contributed by atoms with E-state index in [4.69, 9.17) is 10.9 Å². The quantitative estimate of drug-likeness (QED) is 0.235. The Hall–Kier alpha value is -1.78. The molecule has 0 saturated heterocycles. The van der Waals surface area contributed by atoms with Crippen LogP contribution < -0.4 is 11.1 Å². The zero-order valence-corrected chi connectivity index (χ0v) is 12.4. The number of hydrogen-bond donors (Lipinski definition) is 3. The van der Waals surface area contributed by atoms with E-state index >= 15 is 0 Å². The van der Waals surface area contributed by atoms with E-state index < -0.39 is 0 Å². The molecule has 20 heavy (non-hydrogen) atoms. The van der Waals surface area contributed by atoms with Crippen LogP contribution in [-0.2, 0) is 0 Å². The fraction of sp³-hybridized carbons (Fsp3) is 0.533. The van der Waals surface area contributed by atoms with Crippen molar-refractivity contribution in [3.05, 3.63) is 29.6 Å². The molecule has 112 valence electrons. The molecule has 0 saturated carbocycles. The fourth-order valence-corrected chi connectivity index (χ4v) is 1.94. The summed E-state index contributed by atoms with van der Waals surface area (Å²) in [6.45, 7) is 6.44. The van der Waals surface area contributed by atoms with E-state index in [0.717, 1.165) is 24.8 Å². The minimum absolute atomic E-state index is 0.220. The van der Waals surface area contributed by atoms with Gasteiger partial charge in [0.15, 0.2) is 0 Å². The largest absolute Gasteiger partial charge is 0.409 e. The molecule has 0 fully saturated rings. The Kier molecular flexibility index (Phi) is 5.80. The molecule has 4 nitrogen and oxygen atoms in total. The molecule has 1 rings (SSSR count). The van der Waals surface area contributed by atoms with Gasteiger partial charge in [-0.25, -0.2) is 4.39 Å². The average Bonchev–Trinajstić information content (AvgIpc) is 2.39. The Balaban J connectivity index is 2.32. The molecule has 0 aromatic heterocycles. The number of hydrogen-bond acceptors (Lipinski definition) is 3. The molecule has 0 atom stereocenters. The average molecular weight is 281 g/mol. The smallest absolute Gasteiger partial charge is 0.146 e. The summed E-state index contributed by atoms with van der Waals surface area (Å²) in [4.78, 5) is 0. The van der Waals surface area contributed by atoms with Crippen LogP contribution in [0.5, 0.6) is 0 Å². The van der Waals surface area contributed by atoms with E-state index in [9.17, 15) is 4.39 Å². The lowest BCUT2D eigenvalue weighted by molar-refractivity contribution is 0.304. The molecule has 4 N–H and O–H groups in total. The second kappa shape index (κ2) is 7.12. The van der Waals surface area contributed by atoms with Gasteiger partial charge in [0, 0.05) is 12.0 Å². The van der Waals surface area contributed by atoms with Crippen molar-refractivity contribution in [1.29, 1.82) is 0 Å². The van der Waals surface area contributed by atoms with E-state index in [1.165, 1.54) is 6.07 Å². The number of amidine groups is 1. The lowest BCUT2D eigenvalue weighted by atomic mass is 9.86. The van der Waals surface area contributed by atoms with Crippen molar-refractivity contribution in [2.75, 3.05) is 11.9 Å². The zero-order chi connectivity index (χ0) is 15.2. The van der Waals surface area contributed by atoms with Crippen molar-refractivity contribution in [2.24, 2.45) is 16.3 Å². The third-order valence-corrected chi connectivity index (χ3v) is 3.47. The maximum Gasteiger partial charge on any atom is 0.146 e. The molecule has 0 aliphatic heterocycles. The van der Waals surface area contributed by atoms with Crippen LogP contribution >= 0.6 is 0 Å². The van der Waals surface area contributed by atoms with Crippen LogP contribution in [0, 0.1) is 18.2 Å². The van der Waals surface area contributed by atoms with Crippen molar-refractivity contribution in [1.82, 2.24) is 0 Å². The normalized spacial score (nSPS) is 12.5. The zero-order valence-electron chi connectivity index (χ0n) is 12.4. The number of aryl methyl sites for hydroxylation is 1. The van der Waals surface area contributed by atoms with Crippen LogP contribution in [0.25, 0.3) is 0 Å². The monoisotopic (exact) mass is 281 g/mol. The molecule has 0 unspecified atom stereocenters. The molecular formula is C15H24FN3O. The standard InChI is InChI=1S/C15H24FN3O/c1-11-6-7-13(12(16)10-11)18-9-5-4-8-15(2,3)14(17)19-20/h6-7,10,18,20H,4-5,8-9H2,1-3H3,(H2,17,19). The third-order valence-electron chi connectivity index (χ3n) is 3.47. The van der Waals surface area contributed by atoms with Crippen molar-refractivity contribution >= 4 is 11.5 Å². The Morgan fingerprint density at radius 3 is 2.70 bits per heavy atom. The number of unbranched alkanes of at least 4 members (excludes halogenated alkanes) is 1. The van der Waals surface area contributed by atoms with Gasteiger partial charge in [-0.2, -0.15) is 0 Å². The summed E-state index contributed by atoms with van der Waals surface area (Å²) in [5, 5.41) is 14.8. The number of rotatable bonds is 7. The highest BCUT2D eigenvalue weighted by Crippen LogP contribution is 2.23. The van der Waals surface area contributed by atoms with Gasteiger partial charge >= 0.3 is 0 Å². The number of anilines is 1. The second-order valence-corrected chi connectivity index (χ2v) is 5.74. The Morgan fingerprint density at radius 1 is 1.40 bits per heavy atom. The van der Waals surface area contributed by atoms with E-state index in [-0.39, 0.29) is 17.1 Å². The number of nitrogens with two attached hydrogens (primary N) is 1. The predicted octanol–water partition coefficient (Wildman–Crippen LogP) is 3.49. The van der Waals surface area contributed by atoms with Gasteiger partial charge < -0.3 is 16.3 Å². The molecule has 5 heteroatoms. The fourth-order valence-electron chi connectivity index (χ4n) is 1.94. The summed E-state index contributed by atoms with van der Waals surface area (Å²) in [5.74, 6) is 0.0250. The number of halogens is 1. The lowest BCUT2D eigenvalue weighted by Gasteiger charge is -2.22. The number of benzene rings is 1. The highest BCUT2D eigenvalue weighted by molar-refractivity contribution is 5.85. The summed E-state index contributed by atoms with van der Waals surface area (Å²) >= 11 is 0. The molecule has 0 amide bonds. The van der Waals surface area contributed by atoms with Gasteiger partial charge in [0.25, 0.3) is 0 Å². The first-order valence-corrected chi connectivity index (χ1v) is 6.85. The number of nitrogens with one attached hydrogen (secondary N) is 1. The Morgan fingerprint density at radius 2 is 2.10 bits per heavy atom. The maximum absolute atomic E-state index is 13.6. The van der Waals surface area contributed by atoms with E-state index in [2.05, 4.69) is 10.5 Å². The molecule has 1 aromatic rings. The summed E-state index contributed by atoms with van der Waals surface area (Å²) in [7, 11) is 0. The van der Waals surface area contributed by atoms with Gasteiger partial charge in [-0.15, -0.1) is 0 Å². The summed E-state index contributed by atoms with van der Waals surface area (Å²) in [5.41, 5.74) is 6.75. The molecule has 0 aliphatic carbocycles. The number of nitrogens with zero attached hydrogens (tertiary/aromatic N) is 1. The van der Waals surface area contributed by atoms with Gasteiger partial charge in [0.2, 0.25) is 0 Å². The van der Waals surface area contributed by atoms with Crippen LogP contribution in [0.1, 0.15) is 38.7 Å². The first-order chi connectivity index (χ1) is 9.36. The van der Waals surface area contributed by atoms with E-state index in [0.29, 0.717) is 12.2 Å². The van der Waals surface area contributed by atoms with Crippen molar-refractivity contribution in [3.63, 3.8) is 0 Å². The second-order valence-electron chi connectivity index (χ2n) is 5.74. The van der Waals surface area contributed by atoms with Crippen LogP contribution in [0.4, 0.5) is 10.1 Å². The molecule has 0 spiro atoms. The summed E-state index contributed by atoms with van der Waals surface area (Å²) < 4.78 is 13.6. The SMILES string of the molecule is Cc1ccc(NCCCCC(C)(C)/C(N)=N/O)c(F)c1. The van der Waals surface area contributed by atoms with Gasteiger partial charge in [-0.1, -0.05) is 31.5 Å². The predicted molar refractivity (Wildman–Crippen MR) is 80.7 cm³/mol. The lowest BCUT2D eigenvalue weighted by Crippen LogP contribution is -2.31. The van der Waals surface area contributed by atoms with Gasteiger partial charge in [0.05, 0.1) is 5.69 Å². The van der Waals surface area contributed by atoms with Gasteiger partial charge in [-0.3, -0.25) is 0 Å². The molecule has 0 bridgehead atoms.